The van der Waals surface area contributed by atoms with Gasteiger partial charge in [0.15, 0.2) is 0 Å². The van der Waals surface area contributed by atoms with Gasteiger partial charge < -0.3 is 9.84 Å². The third-order valence-corrected chi connectivity index (χ3v) is 8.07. The molecule has 0 bridgehead atoms. The van der Waals surface area contributed by atoms with E-state index in [0.717, 1.165) is 0 Å². The molecule has 2 N–H and O–H groups in total. The number of para-hydroxylation sites is 1. The summed E-state index contributed by atoms with van der Waals surface area (Å²) in [7, 11) is -3.92. The molecule has 5 rings (SSSR count). The average molecular weight is 567 g/mol. The van der Waals surface area contributed by atoms with Crippen molar-refractivity contribution in [3.05, 3.63) is 99.7 Å². The molecule has 0 atom stereocenters. The Bertz CT molecular complexity index is 1800. The van der Waals surface area contributed by atoms with Crippen LogP contribution in [0.4, 0.5) is 11.6 Å². The first kappa shape index (κ1) is 25.7. The lowest BCUT2D eigenvalue weighted by molar-refractivity contribution is 0.102. The average Bonchev–Trinajstić information content (AvgIpc) is 3.21. The van der Waals surface area contributed by atoms with E-state index in [1.54, 1.807) is 38.1 Å². The van der Waals surface area contributed by atoms with Crippen molar-refractivity contribution in [1.82, 2.24) is 10.1 Å². The number of carbonyl (C=O) groups is 1. The normalized spacial score (nSPS) is 11.5. The summed E-state index contributed by atoms with van der Waals surface area (Å²) in [5.41, 5.74) is 3.89. The molecule has 192 valence electrons. The number of amides is 1. The molecule has 0 saturated carbocycles. The number of benzene rings is 3. The molecule has 1 amide bonds. The van der Waals surface area contributed by atoms with Gasteiger partial charge in [0.2, 0.25) is 5.88 Å². The summed E-state index contributed by atoms with van der Waals surface area (Å²) in [5.74, 6) is -0.325. The van der Waals surface area contributed by atoms with Gasteiger partial charge >= 0.3 is 0 Å². The molecule has 0 spiro atoms. The minimum absolute atomic E-state index is 0.000200. The molecule has 0 fully saturated rings. The number of nitrogens with zero attached hydrogens (tertiary/aromatic N) is 2. The van der Waals surface area contributed by atoms with E-state index in [4.69, 9.17) is 27.7 Å². The number of hydrogen-bond donors (Lipinski definition) is 2. The summed E-state index contributed by atoms with van der Waals surface area (Å²) in [6.07, 6.45) is 0. The van der Waals surface area contributed by atoms with Crippen molar-refractivity contribution in [3.63, 3.8) is 0 Å². The van der Waals surface area contributed by atoms with Gasteiger partial charge in [0.1, 0.15) is 0 Å². The van der Waals surface area contributed by atoms with Gasteiger partial charge in [0.25, 0.3) is 15.9 Å². The van der Waals surface area contributed by atoms with Gasteiger partial charge in [0, 0.05) is 22.2 Å². The Morgan fingerprint density at radius 3 is 2.34 bits per heavy atom. The molecular formula is C27H20Cl2N4O4S. The van der Waals surface area contributed by atoms with Crippen LogP contribution in [-0.2, 0) is 10.0 Å². The van der Waals surface area contributed by atoms with Crippen LogP contribution in [0.1, 0.15) is 21.6 Å². The van der Waals surface area contributed by atoms with Crippen LogP contribution in [0.15, 0.2) is 82.2 Å². The minimum Gasteiger partial charge on any atom is -0.337 e. The van der Waals surface area contributed by atoms with Crippen LogP contribution in [-0.4, -0.2) is 24.5 Å². The first-order chi connectivity index (χ1) is 18.1. The number of rotatable bonds is 6. The van der Waals surface area contributed by atoms with Crippen molar-refractivity contribution in [2.75, 3.05) is 10.0 Å². The summed E-state index contributed by atoms with van der Waals surface area (Å²) in [6.45, 7) is 3.42. The van der Waals surface area contributed by atoms with Crippen LogP contribution < -0.4 is 10.0 Å². The van der Waals surface area contributed by atoms with Crippen LogP contribution in [0.2, 0.25) is 10.0 Å². The number of anilines is 2. The molecule has 38 heavy (non-hydrogen) atoms. The van der Waals surface area contributed by atoms with Gasteiger partial charge in [-0.05, 0) is 62.4 Å². The number of aryl methyl sites for hydroxylation is 1. The monoisotopic (exact) mass is 566 g/mol. The Morgan fingerprint density at radius 2 is 1.66 bits per heavy atom. The molecule has 2 heterocycles. The molecule has 0 aliphatic rings. The highest BCUT2D eigenvalue weighted by Gasteiger charge is 2.20. The van der Waals surface area contributed by atoms with Gasteiger partial charge in [0.05, 0.1) is 37.4 Å². The van der Waals surface area contributed by atoms with Crippen molar-refractivity contribution in [1.29, 1.82) is 0 Å². The number of pyridine rings is 1. The highest BCUT2D eigenvalue weighted by atomic mass is 35.5. The summed E-state index contributed by atoms with van der Waals surface area (Å²) in [4.78, 5) is 18.0. The molecule has 0 aliphatic heterocycles. The molecular weight excluding hydrogens is 547 g/mol. The second-order valence-electron chi connectivity index (χ2n) is 8.51. The largest absolute Gasteiger partial charge is 0.337 e. The van der Waals surface area contributed by atoms with Crippen LogP contribution in [0.5, 0.6) is 0 Å². The first-order valence-electron chi connectivity index (χ1n) is 11.3. The second kappa shape index (κ2) is 10.1. The fourth-order valence-electron chi connectivity index (χ4n) is 3.77. The zero-order valence-electron chi connectivity index (χ0n) is 20.1. The quantitative estimate of drug-likeness (QED) is 0.232. The van der Waals surface area contributed by atoms with Crippen molar-refractivity contribution in [2.45, 2.75) is 18.7 Å². The van der Waals surface area contributed by atoms with Gasteiger partial charge in [-0.15, -0.1) is 0 Å². The number of hydrogen-bond acceptors (Lipinski definition) is 6. The van der Waals surface area contributed by atoms with Gasteiger partial charge in [-0.1, -0.05) is 52.6 Å². The van der Waals surface area contributed by atoms with Crippen molar-refractivity contribution in [2.24, 2.45) is 0 Å². The lowest BCUT2D eigenvalue weighted by Gasteiger charge is -2.12. The number of sulfonamides is 1. The van der Waals surface area contributed by atoms with E-state index in [1.807, 2.05) is 24.3 Å². The van der Waals surface area contributed by atoms with E-state index < -0.39 is 10.0 Å². The molecule has 3 aromatic carbocycles. The number of aromatic nitrogens is 2. The highest BCUT2D eigenvalue weighted by Crippen LogP contribution is 2.30. The molecule has 11 heteroatoms. The summed E-state index contributed by atoms with van der Waals surface area (Å²) in [5, 5.41) is 8.05. The van der Waals surface area contributed by atoms with Crippen molar-refractivity contribution < 1.29 is 17.7 Å². The molecule has 0 aliphatic carbocycles. The van der Waals surface area contributed by atoms with E-state index in [2.05, 4.69) is 20.2 Å². The Hall–Kier alpha value is -3.92. The van der Waals surface area contributed by atoms with Gasteiger partial charge in [-0.25, -0.2) is 18.1 Å². The highest BCUT2D eigenvalue weighted by molar-refractivity contribution is 7.92. The maximum atomic E-state index is 13.4. The maximum absolute atomic E-state index is 13.4. The first-order valence-corrected chi connectivity index (χ1v) is 13.6. The molecule has 8 nitrogen and oxygen atoms in total. The number of fused-ring (bicyclic) bond motifs is 1. The van der Waals surface area contributed by atoms with E-state index in [-0.39, 0.29) is 16.7 Å². The SMILES string of the molecule is Cc1noc(NS(=O)(=O)c2ccc(NC(=O)c3cc(-c4ccc(Cl)c(Cl)c4)nc4ccccc34)cc2)c1C. The van der Waals surface area contributed by atoms with Crippen LogP contribution >= 0.6 is 23.2 Å². The number of carbonyl (C=O) groups excluding carboxylic acids is 1. The van der Waals surface area contributed by atoms with Crippen molar-refractivity contribution >= 4 is 61.6 Å². The summed E-state index contributed by atoms with van der Waals surface area (Å²) >= 11 is 12.3. The van der Waals surface area contributed by atoms with Crippen LogP contribution in [0, 0.1) is 13.8 Å². The number of halogens is 2. The molecule has 0 radical (unpaired) electrons. The van der Waals surface area contributed by atoms with Crippen LogP contribution in [0.25, 0.3) is 22.2 Å². The standard InChI is InChI=1S/C27H20Cl2N4O4S/c1-15-16(2)32-37-27(15)33-38(35,36)19-10-8-18(9-11-19)30-26(34)21-14-25(17-7-12-22(28)23(29)13-17)31-24-6-4-3-5-20(21)24/h3-14,33H,1-2H3,(H,30,34). The van der Waals surface area contributed by atoms with Crippen molar-refractivity contribution in [3.8, 4) is 11.3 Å². The Labute approximate surface area is 228 Å². The smallest absolute Gasteiger partial charge is 0.264 e. The van der Waals surface area contributed by atoms with Gasteiger partial charge in [-0.2, -0.15) is 0 Å². The predicted molar refractivity (Wildman–Crippen MR) is 148 cm³/mol. The van der Waals surface area contributed by atoms with E-state index in [1.165, 1.54) is 24.3 Å². The molecule has 0 saturated heterocycles. The Kier molecular flexibility index (Phi) is 6.83. The fourth-order valence-corrected chi connectivity index (χ4v) is 5.12. The third kappa shape index (κ3) is 5.08. The lowest BCUT2D eigenvalue weighted by Crippen LogP contribution is -2.15. The Balaban J connectivity index is 1.42. The molecule has 5 aromatic rings. The molecule has 0 unspecified atom stereocenters. The second-order valence-corrected chi connectivity index (χ2v) is 11.0. The molecule has 2 aromatic heterocycles. The topological polar surface area (TPSA) is 114 Å². The zero-order valence-corrected chi connectivity index (χ0v) is 22.4. The predicted octanol–water partition coefficient (Wildman–Crippen LogP) is 6.87. The van der Waals surface area contributed by atoms with E-state index >= 15 is 0 Å². The van der Waals surface area contributed by atoms with Crippen LogP contribution in [0.3, 0.4) is 0 Å². The lowest BCUT2D eigenvalue weighted by atomic mass is 10.0. The third-order valence-electron chi connectivity index (χ3n) is 5.98. The zero-order chi connectivity index (χ0) is 27.0. The fraction of sp³-hybridized carbons (Fsp3) is 0.0741. The van der Waals surface area contributed by atoms with E-state index in [9.17, 15) is 13.2 Å². The number of nitrogens with one attached hydrogen (secondary N) is 2. The minimum atomic E-state index is -3.92. The summed E-state index contributed by atoms with van der Waals surface area (Å²) < 4.78 is 33.0. The Morgan fingerprint density at radius 1 is 0.921 bits per heavy atom. The maximum Gasteiger partial charge on any atom is 0.264 e. The van der Waals surface area contributed by atoms with Gasteiger partial charge in [-0.3, -0.25) is 4.79 Å². The summed E-state index contributed by atoms with van der Waals surface area (Å²) in [6, 6.07) is 19.9. The van der Waals surface area contributed by atoms with E-state index in [0.29, 0.717) is 54.7 Å².